The Morgan fingerprint density at radius 1 is 0.896 bits per heavy atom. The number of carbonyl (C=O) groups excluding carboxylic acids is 2. The lowest BCUT2D eigenvalue weighted by Crippen LogP contribution is -2.55. The van der Waals surface area contributed by atoms with Crippen molar-refractivity contribution in [3.63, 3.8) is 0 Å². The molecule has 0 unspecified atom stereocenters. The predicted molar refractivity (Wildman–Crippen MR) is 196 cm³/mol. The number of aryl methyl sites for hydroxylation is 1. The second kappa shape index (κ2) is 16.4. The molecule has 0 radical (unpaired) electrons. The number of sulfonamides is 1. The molecule has 4 aromatic carbocycles. The smallest absolute Gasteiger partial charge is 0.264 e. The maximum Gasteiger partial charge on any atom is 0.264 e. The quantitative estimate of drug-likeness (QED) is 0.157. The lowest BCUT2D eigenvalue weighted by Gasteiger charge is -2.35. The van der Waals surface area contributed by atoms with Gasteiger partial charge in [0, 0.05) is 33.5 Å². The van der Waals surface area contributed by atoms with Gasteiger partial charge in [0.25, 0.3) is 10.0 Å². The summed E-state index contributed by atoms with van der Waals surface area (Å²) >= 11 is 16.3. The van der Waals surface area contributed by atoms with Gasteiger partial charge in [-0.25, -0.2) is 8.42 Å². The Labute approximate surface area is 301 Å². The first kappa shape index (κ1) is 35.9. The summed E-state index contributed by atoms with van der Waals surface area (Å²) in [6.07, 6.45) is 5.13. The van der Waals surface area contributed by atoms with Crippen LogP contribution in [0.25, 0.3) is 0 Å². The molecule has 1 aliphatic carbocycles. The average Bonchev–Trinajstić information content (AvgIpc) is 3.07. The van der Waals surface area contributed by atoms with Crippen LogP contribution in [-0.2, 0) is 32.6 Å². The molecule has 5 rings (SSSR count). The van der Waals surface area contributed by atoms with E-state index in [2.05, 4.69) is 21.2 Å². The highest BCUT2D eigenvalue weighted by Crippen LogP contribution is 2.29. The summed E-state index contributed by atoms with van der Waals surface area (Å²) in [6, 6.07) is 26.8. The van der Waals surface area contributed by atoms with Crippen LogP contribution in [0, 0.1) is 6.92 Å². The third-order valence-corrected chi connectivity index (χ3v) is 11.4. The molecule has 0 heterocycles. The largest absolute Gasteiger partial charge is 0.352 e. The van der Waals surface area contributed by atoms with Crippen molar-refractivity contribution in [3.05, 3.63) is 128 Å². The number of halogens is 3. The van der Waals surface area contributed by atoms with Gasteiger partial charge in [-0.05, 0) is 73.4 Å². The lowest BCUT2D eigenvalue weighted by molar-refractivity contribution is -0.140. The summed E-state index contributed by atoms with van der Waals surface area (Å²) in [5, 5.41) is 3.98. The van der Waals surface area contributed by atoms with Crippen LogP contribution in [0.15, 0.2) is 106 Å². The van der Waals surface area contributed by atoms with Crippen molar-refractivity contribution < 1.29 is 18.0 Å². The van der Waals surface area contributed by atoms with E-state index in [0.717, 1.165) is 47.5 Å². The van der Waals surface area contributed by atoms with Crippen LogP contribution < -0.4 is 9.62 Å². The molecule has 1 saturated carbocycles. The normalized spacial score (nSPS) is 14.2. The summed E-state index contributed by atoms with van der Waals surface area (Å²) in [5.41, 5.74) is 2.64. The highest BCUT2D eigenvalue weighted by molar-refractivity contribution is 9.10. The third kappa shape index (κ3) is 9.20. The molecular formula is C37H38BrCl2N3O4S. The van der Waals surface area contributed by atoms with Gasteiger partial charge in [-0.2, -0.15) is 0 Å². The van der Waals surface area contributed by atoms with E-state index >= 15 is 0 Å². The standard InChI is InChI=1S/C37H38BrCl2N3O4S/c1-26-15-19-33(20-16-26)48(46,47)43(32-14-8-11-29(38)22-32)25-36(44)42(24-28-17-18-30(39)23-34(28)40)35(21-27-9-4-2-5-10-27)37(45)41-31-12-6-3-7-13-31/h2,4-5,8-11,14-20,22-23,31,35H,3,6-7,12-13,21,24-25H2,1H3,(H,41,45)/t35-/m1/s1. The van der Waals surface area contributed by atoms with Gasteiger partial charge in [0.05, 0.1) is 10.6 Å². The Kier molecular flexibility index (Phi) is 12.2. The van der Waals surface area contributed by atoms with Gasteiger partial charge in [0.1, 0.15) is 12.6 Å². The number of nitrogens with zero attached hydrogens (tertiary/aromatic N) is 2. The molecule has 0 bridgehead atoms. The van der Waals surface area contributed by atoms with E-state index in [9.17, 15) is 18.0 Å². The van der Waals surface area contributed by atoms with Gasteiger partial charge in [-0.3, -0.25) is 13.9 Å². The average molecular weight is 772 g/mol. The number of hydrogen-bond acceptors (Lipinski definition) is 4. The highest BCUT2D eigenvalue weighted by atomic mass is 79.9. The Morgan fingerprint density at radius 3 is 2.27 bits per heavy atom. The van der Waals surface area contributed by atoms with Crippen molar-refractivity contribution in [2.24, 2.45) is 0 Å². The van der Waals surface area contributed by atoms with E-state index < -0.39 is 28.5 Å². The fourth-order valence-electron chi connectivity index (χ4n) is 5.93. The molecule has 1 N–H and O–H groups in total. The molecule has 1 fully saturated rings. The van der Waals surface area contributed by atoms with Crippen LogP contribution in [0.2, 0.25) is 10.0 Å². The SMILES string of the molecule is Cc1ccc(S(=O)(=O)N(CC(=O)N(Cc2ccc(Cl)cc2Cl)[C@H](Cc2ccccc2)C(=O)NC2CCCCC2)c2cccc(Br)c2)cc1. The predicted octanol–water partition coefficient (Wildman–Crippen LogP) is 8.35. The molecule has 0 aromatic heterocycles. The van der Waals surface area contributed by atoms with Crippen molar-refractivity contribution >= 4 is 66.7 Å². The molecule has 1 atom stereocenters. The van der Waals surface area contributed by atoms with Crippen LogP contribution in [0.4, 0.5) is 5.69 Å². The zero-order valence-corrected chi connectivity index (χ0v) is 30.5. The maximum atomic E-state index is 14.7. The number of benzene rings is 4. The van der Waals surface area contributed by atoms with Gasteiger partial charge in [-0.15, -0.1) is 0 Å². The minimum absolute atomic E-state index is 0.000628. The zero-order chi connectivity index (χ0) is 34.3. The second-order valence-electron chi connectivity index (χ2n) is 12.1. The molecule has 252 valence electrons. The van der Waals surface area contributed by atoms with Gasteiger partial charge in [0.15, 0.2) is 0 Å². The first-order valence-electron chi connectivity index (χ1n) is 15.9. The van der Waals surface area contributed by atoms with E-state index in [1.807, 2.05) is 37.3 Å². The topological polar surface area (TPSA) is 86.8 Å². The molecule has 11 heteroatoms. The number of nitrogens with one attached hydrogen (secondary N) is 1. The van der Waals surface area contributed by atoms with Crippen LogP contribution in [0.5, 0.6) is 0 Å². The van der Waals surface area contributed by atoms with Crippen LogP contribution >= 0.6 is 39.1 Å². The Bertz CT molecular complexity index is 1840. The van der Waals surface area contributed by atoms with Crippen LogP contribution in [0.1, 0.15) is 48.8 Å². The van der Waals surface area contributed by atoms with E-state index in [1.165, 1.54) is 17.0 Å². The van der Waals surface area contributed by atoms with Gasteiger partial charge < -0.3 is 10.2 Å². The monoisotopic (exact) mass is 769 g/mol. The molecule has 0 aliphatic heterocycles. The highest BCUT2D eigenvalue weighted by Gasteiger charge is 2.35. The molecule has 48 heavy (non-hydrogen) atoms. The van der Waals surface area contributed by atoms with Gasteiger partial charge in [0.2, 0.25) is 11.8 Å². The minimum atomic E-state index is -4.21. The maximum absolute atomic E-state index is 14.7. The second-order valence-corrected chi connectivity index (χ2v) is 15.7. The summed E-state index contributed by atoms with van der Waals surface area (Å²) in [7, 11) is -4.21. The summed E-state index contributed by atoms with van der Waals surface area (Å²) in [5.74, 6) is -0.851. The van der Waals surface area contributed by atoms with E-state index in [0.29, 0.717) is 25.8 Å². The molecule has 4 aromatic rings. The fourth-order valence-corrected chi connectivity index (χ4v) is 8.19. The van der Waals surface area contributed by atoms with Crippen molar-refractivity contribution in [2.75, 3.05) is 10.8 Å². The molecule has 0 saturated heterocycles. The lowest BCUT2D eigenvalue weighted by atomic mass is 9.94. The van der Waals surface area contributed by atoms with E-state index in [1.54, 1.807) is 54.6 Å². The first-order valence-corrected chi connectivity index (χ1v) is 18.9. The number of amides is 2. The van der Waals surface area contributed by atoms with Crippen molar-refractivity contribution in [1.29, 1.82) is 0 Å². The van der Waals surface area contributed by atoms with E-state index in [-0.39, 0.29) is 29.8 Å². The third-order valence-electron chi connectivity index (χ3n) is 8.56. The summed E-state index contributed by atoms with van der Waals surface area (Å²) in [6.45, 7) is 1.28. The Morgan fingerprint density at radius 2 is 1.60 bits per heavy atom. The Hall–Kier alpha value is -3.37. The van der Waals surface area contributed by atoms with Crippen LogP contribution in [-0.4, -0.2) is 43.8 Å². The fraction of sp³-hybridized carbons (Fsp3) is 0.297. The number of hydrogen-bond donors (Lipinski definition) is 1. The van der Waals surface area contributed by atoms with E-state index in [4.69, 9.17) is 23.2 Å². The summed E-state index contributed by atoms with van der Waals surface area (Å²) in [4.78, 5) is 30.5. The number of carbonyl (C=O) groups is 2. The number of rotatable bonds is 12. The molecular weight excluding hydrogens is 733 g/mol. The number of anilines is 1. The van der Waals surface area contributed by atoms with Gasteiger partial charge in [-0.1, -0.05) is 119 Å². The first-order chi connectivity index (χ1) is 23.0. The van der Waals surface area contributed by atoms with Gasteiger partial charge >= 0.3 is 0 Å². The minimum Gasteiger partial charge on any atom is -0.352 e. The van der Waals surface area contributed by atoms with Crippen molar-refractivity contribution in [1.82, 2.24) is 10.2 Å². The zero-order valence-electron chi connectivity index (χ0n) is 26.6. The summed E-state index contributed by atoms with van der Waals surface area (Å²) < 4.78 is 30.2. The molecule has 1 aliphatic rings. The molecule has 0 spiro atoms. The Balaban J connectivity index is 1.58. The van der Waals surface area contributed by atoms with Crippen molar-refractivity contribution in [3.8, 4) is 0 Å². The van der Waals surface area contributed by atoms with Crippen molar-refractivity contribution in [2.45, 2.75) is 69.0 Å². The molecule has 7 nitrogen and oxygen atoms in total. The molecule has 2 amide bonds. The van der Waals surface area contributed by atoms with Crippen LogP contribution in [0.3, 0.4) is 0 Å².